The number of likely N-dealkylation sites (N-methyl/N-ethyl adjacent to an activating group) is 1. The van der Waals surface area contributed by atoms with Crippen LogP contribution in [0.1, 0.15) is 39.2 Å². The van der Waals surface area contributed by atoms with Gasteiger partial charge in [0, 0.05) is 19.1 Å². The van der Waals surface area contributed by atoms with Crippen molar-refractivity contribution in [3.05, 3.63) is 35.6 Å². The number of nitrogens with one attached hydrogen (secondary N) is 4. The molecule has 1 rings (SSSR count). The molecule has 0 spiro atoms. The molecule has 26 heavy (non-hydrogen) atoms. The van der Waals surface area contributed by atoms with Gasteiger partial charge in [0.25, 0.3) is 0 Å². The summed E-state index contributed by atoms with van der Waals surface area (Å²) in [4.78, 5) is 24.3. The molecule has 0 aliphatic rings. The fourth-order valence-corrected chi connectivity index (χ4v) is 2.35. The average Bonchev–Trinajstić information content (AvgIpc) is 2.59. The molecule has 0 saturated carbocycles. The maximum Gasteiger partial charge on any atom is 0.315 e. The summed E-state index contributed by atoms with van der Waals surface area (Å²) in [7, 11) is 0. The minimum Gasteiger partial charge on any atom is -0.353 e. The summed E-state index contributed by atoms with van der Waals surface area (Å²) in [5.41, 5.74) is 0.785. The van der Waals surface area contributed by atoms with Gasteiger partial charge in [-0.3, -0.25) is 4.79 Å². The zero-order valence-corrected chi connectivity index (χ0v) is 16.4. The van der Waals surface area contributed by atoms with Gasteiger partial charge in [0.1, 0.15) is 11.9 Å². The highest BCUT2D eigenvalue weighted by molar-refractivity contribution is 5.87. The van der Waals surface area contributed by atoms with Crippen molar-refractivity contribution in [3.63, 3.8) is 0 Å². The predicted molar refractivity (Wildman–Crippen MR) is 104 cm³/mol. The molecule has 1 aromatic carbocycles. The van der Waals surface area contributed by atoms with Crippen LogP contribution in [0.2, 0.25) is 0 Å². The Hall–Kier alpha value is -1.86. The number of hydrogen-bond donors (Lipinski definition) is 4. The van der Waals surface area contributed by atoms with Gasteiger partial charge >= 0.3 is 6.03 Å². The van der Waals surface area contributed by atoms with E-state index in [-0.39, 0.29) is 36.7 Å². The Balaban J connectivity index is 0.00000625. The van der Waals surface area contributed by atoms with Gasteiger partial charge in [0.2, 0.25) is 5.91 Å². The molecule has 6 nitrogen and oxygen atoms in total. The number of carbonyl (C=O) groups excluding carboxylic acids is 2. The highest BCUT2D eigenvalue weighted by atomic mass is 35.5. The van der Waals surface area contributed by atoms with E-state index in [0.29, 0.717) is 13.0 Å². The van der Waals surface area contributed by atoms with Crippen LogP contribution >= 0.6 is 12.4 Å². The molecule has 0 saturated heterocycles. The van der Waals surface area contributed by atoms with Crippen molar-refractivity contribution in [2.45, 2.75) is 52.2 Å². The van der Waals surface area contributed by atoms with Crippen LogP contribution in [0.25, 0.3) is 0 Å². The maximum atomic E-state index is 12.9. The van der Waals surface area contributed by atoms with Crippen LogP contribution in [-0.2, 0) is 11.3 Å². The van der Waals surface area contributed by atoms with E-state index in [2.05, 4.69) is 21.3 Å². The predicted octanol–water partition coefficient (Wildman–Crippen LogP) is 2.33. The molecule has 3 amide bonds. The third kappa shape index (κ3) is 9.58. The largest absolute Gasteiger partial charge is 0.353 e. The summed E-state index contributed by atoms with van der Waals surface area (Å²) in [6, 6.07) is 5.07. The lowest BCUT2D eigenvalue weighted by molar-refractivity contribution is -0.123. The summed E-state index contributed by atoms with van der Waals surface area (Å²) in [5.74, 6) is -0.511. The third-order valence-corrected chi connectivity index (χ3v) is 3.70. The molecule has 0 aromatic heterocycles. The van der Waals surface area contributed by atoms with Crippen molar-refractivity contribution >= 4 is 24.3 Å². The molecule has 0 radical (unpaired) electrons. The number of hydrogen-bond acceptors (Lipinski definition) is 3. The van der Waals surface area contributed by atoms with Crippen LogP contribution < -0.4 is 21.3 Å². The monoisotopic (exact) mass is 388 g/mol. The van der Waals surface area contributed by atoms with Crippen LogP contribution in [0.3, 0.4) is 0 Å². The second-order valence-corrected chi connectivity index (χ2v) is 6.00. The Morgan fingerprint density at radius 3 is 2.35 bits per heavy atom. The van der Waals surface area contributed by atoms with Crippen molar-refractivity contribution in [2.75, 3.05) is 13.1 Å². The molecule has 8 heteroatoms. The Labute approximate surface area is 161 Å². The van der Waals surface area contributed by atoms with E-state index < -0.39 is 12.1 Å². The Morgan fingerprint density at radius 2 is 1.77 bits per heavy atom. The van der Waals surface area contributed by atoms with Crippen molar-refractivity contribution in [2.24, 2.45) is 0 Å². The first kappa shape index (κ1) is 24.1. The number of halogens is 2. The minimum atomic E-state index is -0.577. The van der Waals surface area contributed by atoms with Gasteiger partial charge in [0.15, 0.2) is 0 Å². The van der Waals surface area contributed by atoms with E-state index in [1.54, 1.807) is 12.1 Å². The topological polar surface area (TPSA) is 82.3 Å². The molecule has 0 bridgehead atoms. The number of benzene rings is 1. The SMILES string of the molecule is CCCC(NC(=O)NCc1ccc(F)cc1)C(=O)NC[C@@H](C)NCC.Cl. The molecule has 0 aliphatic heterocycles. The third-order valence-electron chi connectivity index (χ3n) is 3.70. The molecule has 2 atom stereocenters. The van der Waals surface area contributed by atoms with Crippen LogP contribution in [-0.4, -0.2) is 37.1 Å². The van der Waals surface area contributed by atoms with E-state index in [1.807, 2.05) is 20.8 Å². The van der Waals surface area contributed by atoms with Gasteiger partial charge in [-0.05, 0) is 37.6 Å². The number of urea groups is 1. The number of rotatable bonds is 10. The first-order valence-electron chi connectivity index (χ1n) is 8.76. The normalized spacial score (nSPS) is 12.5. The van der Waals surface area contributed by atoms with Crippen molar-refractivity contribution in [1.82, 2.24) is 21.3 Å². The zero-order chi connectivity index (χ0) is 18.7. The molecule has 4 N–H and O–H groups in total. The summed E-state index contributed by atoms with van der Waals surface area (Å²) in [5, 5.41) is 11.4. The average molecular weight is 389 g/mol. The van der Waals surface area contributed by atoms with Crippen LogP contribution in [0.15, 0.2) is 24.3 Å². The molecule has 148 valence electrons. The van der Waals surface area contributed by atoms with Crippen molar-refractivity contribution in [1.29, 1.82) is 0 Å². The van der Waals surface area contributed by atoms with Crippen LogP contribution in [0, 0.1) is 5.82 Å². The summed E-state index contributed by atoms with van der Waals surface area (Å²) >= 11 is 0. The fourth-order valence-electron chi connectivity index (χ4n) is 2.35. The molecule has 1 aromatic rings. The quantitative estimate of drug-likeness (QED) is 0.496. The van der Waals surface area contributed by atoms with Crippen LogP contribution in [0.4, 0.5) is 9.18 Å². The lowest BCUT2D eigenvalue weighted by Crippen LogP contribution is -2.51. The number of amides is 3. The maximum absolute atomic E-state index is 12.9. The second-order valence-electron chi connectivity index (χ2n) is 6.00. The molecule has 1 unspecified atom stereocenters. The van der Waals surface area contributed by atoms with Gasteiger partial charge in [0.05, 0.1) is 0 Å². The lowest BCUT2D eigenvalue weighted by Gasteiger charge is -2.20. The Bertz CT molecular complexity index is 542. The summed E-state index contributed by atoms with van der Waals surface area (Å²) < 4.78 is 12.9. The van der Waals surface area contributed by atoms with E-state index in [4.69, 9.17) is 0 Å². The van der Waals surface area contributed by atoms with E-state index in [1.165, 1.54) is 12.1 Å². The highest BCUT2D eigenvalue weighted by Gasteiger charge is 2.19. The molecule has 0 heterocycles. The molecule has 0 aliphatic carbocycles. The second kappa shape index (κ2) is 13.4. The standard InChI is InChI=1S/C18H29FN4O2.ClH/c1-4-6-16(17(24)21-11-13(3)20-5-2)23-18(25)22-12-14-7-9-15(19)10-8-14;/h7-10,13,16,20H,4-6,11-12H2,1-3H3,(H,21,24)(H2,22,23,25);1H/t13-,16?;/m1./s1. The molecular formula is C18H30ClFN4O2. The fraction of sp³-hybridized carbons (Fsp3) is 0.556. The van der Waals surface area contributed by atoms with Gasteiger partial charge in [-0.2, -0.15) is 0 Å². The van der Waals surface area contributed by atoms with E-state index in [0.717, 1.165) is 18.5 Å². The van der Waals surface area contributed by atoms with Gasteiger partial charge < -0.3 is 21.3 Å². The first-order chi connectivity index (χ1) is 12.0. The van der Waals surface area contributed by atoms with Crippen LogP contribution in [0.5, 0.6) is 0 Å². The minimum absolute atomic E-state index is 0. The molecule has 0 fully saturated rings. The van der Waals surface area contributed by atoms with Gasteiger partial charge in [-0.1, -0.05) is 32.4 Å². The van der Waals surface area contributed by atoms with E-state index >= 15 is 0 Å². The van der Waals surface area contributed by atoms with Crippen molar-refractivity contribution < 1.29 is 14.0 Å². The Kier molecular flexibility index (Phi) is 12.4. The summed E-state index contributed by atoms with van der Waals surface area (Å²) in [6.07, 6.45) is 1.34. The highest BCUT2D eigenvalue weighted by Crippen LogP contribution is 2.02. The number of carbonyl (C=O) groups is 2. The summed E-state index contributed by atoms with van der Waals surface area (Å²) in [6.45, 7) is 7.56. The van der Waals surface area contributed by atoms with Gasteiger partial charge in [-0.15, -0.1) is 12.4 Å². The van der Waals surface area contributed by atoms with E-state index in [9.17, 15) is 14.0 Å². The Morgan fingerprint density at radius 1 is 1.12 bits per heavy atom. The smallest absolute Gasteiger partial charge is 0.315 e. The molecular weight excluding hydrogens is 359 g/mol. The van der Waals surface area contributed by atoms with Crippen molar-refractivity contribution in [3.8, 4) is 0 Å². The van der Waals surface area contributed by atoms with Gasteiger partial charge in [-0.25, -0.2) is 9.18 Å². The first-order valence-corrected chi connectivity index (χ1v) is 8.76. The lowest BCUT2D eigenvalue weighted by atomic mass is 10.1. The zero-order valence-electron chi connectivity index (χ0n) is 15.6.